The molecule has 2 rings (SSSR count). The molecule has 0 heterocycles. The number of unbranched alkanes of at least 4 members (excludes halogenated alkanes) is 2. The molecule has 0 saturated heterocycles. The lowest BCUT2D eigenvalue weighted by atomic mass is 9.66. The number of hydrogen-bond donors (Lipinski definition) is 8. The Balaban J connectivity index is 2.61. The molecule has 1 aliphatic carbocycles. The average molecular weight is 430 g/mol. The van der Waals surface area contributed by atoms with Crippen LogP contribution in [0.1, 0.15) is 56.1 Å². The predicted octanol–water partition coefficient (Wildman–Crippen LogP) is 0.626. The Hall–Kier alpha value is -1.97. The molecule has 1 aromatic carbocycles. The minimum absolute atomic E-state index is 0.0753. The molecule has 8 nitrogen and oxygen atoms in total. The Labute approximate surface area is 183 Å². The van der Waals surface area contributed by atoms with Crippen LogP contribution < -0.4 is 0 Å². The summed E-state index contributed by atoms with van der Waals surface area (Å²) in [4.78, 5) is 0. The van der Waals surface area contributed by atoms with Crippen LogP contribution in [0.15, 0.2) is 35.0 Å². The van der Waals surface area contributed by atoms with Crippen LogP contribution >= 0.6 is 0 Å². The summed E-state index contributed by atoms with van der Waals surface area (Å²) in [5, 5.41) is 79.9. The maximum absolute atomic E-state index is 10.7. The van der Waals surface area contributed by atoms with E-state index in [1.807, 2.05) is 6.92 Å². The SMILES string of the molecule is [B]/C(O)=C(/C1CCC(C(O)(O)O)=CC1c1c(O)cc(CCCCC)cc1O)C([B])(O)O. The molecule has 4 radical (unpaired) electrons. The van der Waals surface area contributed by atoms with Gasteiger partial charge in [-0.3, -0.25) is 0 Å². The first-order valence-electron chi connectivity index (χ1n) is 10.1. The number of hydrogen-bond acceptors (Lipinski definition) is 8. The van der Waals surface area contributed by atoms with Gasteiger partial charge in [0.25, 0.3) is 5.97 Å². The highest BCUT2D eigenvalue weighted by atomic mass is 16.7. The fraction of sp³-hybridized carbons (Fsp3) is 0.524. The van der Waals surface area contributed by atoms with E-state index < -0.39 is 34.7 Å². The number of aryl methyl sites for hydroxylation is 1. The van der Waals surface area contributed by atoms with Gasteiger partial charge in [0.05, 0.1) is 0 Å². The van der Waals surface area contributed by atoms with Crippen LogP contribution in [-0.4, -0.2) is 68.2 Å². The molecule has 10 heteroatoms. The minimum atomic E-state index is -3.17. The molecular weight excluding hydrogens is 402 g/mol. The van der Waals surface area contributed by atoms with E-state index in [9.17, 15) is 40.9 Å². The van der Waals surface area contributed by atoms with Gasteiger partial charge >= 0.3 is 0 Å². The number of rotatable bonds is 8. The fourth-order valence-electron chi connectivity index (χ4n) is 4.19. The van der Waals surface area contributed by atoms with Gasteiger partial charge < -0.3 is 40.9 Å². The zero-order valence-electron chi connectivity index (χ0n) is 17.4. The maximum atomic E-state index is 10.7. The Morgan fingerprint density at radius 1 is 1.06 bits per heavy atom. The number of benzene rings is 1. The first-order chi connectivity index (χ1) is 14.3. The zero-order chi connectivity index (χ0) is 23.6. The molecule has 1 aliphatic rings. The summed E-state index contributed by atoms with van der Waals surface area (Å²) in [6.45, 7) is 2.05. The van der Waals surface area contributed by atoms with Gasteiger partial charge in [0.2, 0.25) is 0 Å². The second-order valence-corrected chi connectivity index (χ2v) is 8.03. The van der Waals surface area contributed by atoms with Gasteiger partial charge in [0, 0.05) is 28.3 Å². The summed E-state index contributed by atoms with van der Waals surface area (Å²) in [5.41, 5.74) is -4.19. The molecule has 0 aliphatic heterocycles. The zero-order valence-corrected chi connectivity index (χ0v) is 17.4. The van der Waals surface area contributed by atoms with E-state index in [-0.39, 0.29) is 35.5 Å². The van der Waals surface area contributed by atoms with Crippen molar-refractivity contribution in [3.63, 3.8) is 0 Å². The van der Waals surface area contributed by atoms with E-state index in [2.05, 4.69) is 0 Å². The van der Waals surface area contributed by atoms with E-state index in [4.69, 9.17) is 15.7 Å². The summed E-state index contributed by atoms with van der Waals surface area (Å²) in [6, 6.07) is 2.90. The Morgan fingerprint density at radius 3 is 2.10 bits per heavy atom. The Kier molecular flexibility index (Phi) is 7.89. The van der Waals surface area contributed by atoms with Crippen LogP contribution in [0.2, 0.25) is 0 Å². The quantitative estimate of drug-likeness (QED) is 0.0980. The number of phenols is 2. The summed E-state index contributed by atoms with van der Waals surface area (Å²) in [5.74, 6) is -6.01. The number of aliphatic hydroxyl groups is 6. The van der Waals surface area contributed by atoms with Gasteiger partial charge in [-0.2, -0.15) is 0 Å². The summed E-state index contributed by atoms with van der Waals surface area (Å²) >= 11 is 0. The third-order valence-electron chi connectivity index (χ3n) is 5.61. The summed E-state index contributed by atoms with van der Waals surface area (Å²) in [6.07, 6.45) is 4.40. The van der Waals surface area contributed by atoms with Gasteiger partial charge in [-0.15, -0.1) is 0 Å². The molecular formula is C21H28B2O8. The van der Waals surface area contributed by atoms with Gasteiger partial charge in [0.15, 0.2) is 15.7 Å². The van der Waals surface area contributed by atoms with Gasteiger partial charge in [-0.1, -0.05) is 25.8 Å². The Bertz CT molecular complexity index is 825. The summed E-state index contributed by atoms with van der Waals surface area (Å²) in [7, 11) is 10.8. The van der Waals surface area contributed by atoms with Crippen molar-refractivity contribution < 1.29 is 40.9 Å². The third-order valence-corrected chi connectivity index (χ3v) is 5.61. The van der Waals surface area contributed by atoms with Gasteiger partial charge in [-0.05, 0) is 49.3 Å². The van der Waals surface area contributed by atoms with Crippen molar-refractivity contribution in [1.29, 1.82) is 0 Å². The standard InChI is InChI=1S/C21H28B2O8/c1-2-3-4-5-11-8-15(24)17(16(25)9-11)14-10-12(21(29,30)31)6-7-13(14)18(19(22)26)20(23,27)28/h8-10,13-14,24-31H,2-7H2,1H3/b19-18+. The smallest absolute Gasteiger partial charge is 0.300 e. The topological polar surface area (TPSA) is 162 Å². The van der Waals surface area contributed by atoms with E-state index in [0.29, 0.717) is 12.0 Å². The van der Waals surface area contributed by atoms with Crippen molar-refractivity contribution in [2.24, 2.45) is 5.92 Å². The second kappa shape index (κ2) is 9.67. The molecule has 2 unspecified atom stereocenters. The van der Waals surface area contributed by atoms with Crippen molar-refractivity contribution in [3.8, 4) is 11.5 Å². The average Bonchev–Trinajstić information content (AvgIpc) is 2.60. The molecule has 31 heavy (non-hydrogen) atoms. The van der Waals surface area contributed by atoms with Crippen molar-refractivity contribution >= 4 is 15.7 Å². The van der Waals surface area contributed by atoms with Crippen molar-refractivity contribution in [2.75, 3.05) is 0 Å². The highest BCUT2D eigenvalue weighted by Crippen LogP contribution is 2.49. The highest BCUT2D eigenvalue weighted by molar-refractivity contribution is 6.22. The van der Waals surface area contributed by atoms with E-state index in [0.717, 1.165) is 25.3 Å². The molecule has 0 bridgehead atoms. The summed E-state index contributed by atoms with van der Waals surface area (Å²) < 4.78 is 0. The molecule has 0 spiro atoms. The first-order valence-corrected chi connectivity index (χ1v) is 10.1. The molecule has 2 atom stereocenters. The van der Waals surface area contributed by atoms with Crippen LogP contribution in [0.25, 0.3) is 0 Å². The third kappa shape index (κ3) is 6.05. The van der Waals surface area contributed by atoms with E-state index >= 15 is 0 Å². The highest BCUT2D eigenvalue weighted by Gasteiger charge is 2.42. The first kappa shape index (κ1) is 25.3. The van der Waals surface area contributed by atoms with Gasteiger partial charge in [-0.25, -0.2) is 0 Å². The number of allylic oxidation sites excluding steroid dienone is 1. The molecule has 8 N–H and O–H groups in total. The molecule has 0 amide bonds. The molecule has 0 aromatic heterocycles. The van der Waals surface area contributed by atoms with Crippen molar-refractivity contribution in [2.45, 2.75) is 63.0 Å². The molecule has 166 valence electrons. The van der Waals surface area contributed by atoms with Crippen LogP contribution in [0, 0.1) is 5.92 Å². The van der Waals surface area contributed by atoms with Gasteiger partial charge in [0.1, 0.15) is 17.2 Å². The largest absolute Gasteiger partial charge is 0.524 e. The number of aliphatic hydroxyl groups excluding tert-OH is 1. The van der Waals surface area contributed by atoms with E-state index in [1.54, 1.807) is 0 Å². The monoisotopic (exact) mass is 430 g/mol. The van der Waals surface area contributed by atoms with Crippen LogP contribution in [0.5, 0.6) is 11.5 Å². The number of phenolic OH excluding ortho intramolecular Hbond substituents is 2. The van der Waals surface area contributed by atoms with Crippen LogP contribution in [0.3, 0.4) is 0 Å². The predicted molar refractivity (Wildman–Crippen MR) is 114 cm³/mol. The molecule has 1 aromatic rings. The lowest BCUT2D eigenvalue weighted by molar-refractivity contribution is -0.284. The lowest BCUT2D eigenvalue weighted by Crippen LogP contribution is -2.40. The lowest BCUT2D eigenvalue weighted by Gasteiger charge is -2.38. The normalized spacial score (nSPS) is 20.9. The van der Waals surface area contributed by atoms with Crippen LogP contribution in [0.4, 0.5) is 0 Å². The van der Waals surface area contributed by atoms with Crippen molar-refractivity contribution in [1.82, 2.24) is 0 Å². The van der Waals surface area contributed by atoms with E-state index in [1.165, 1.54) is 12.1 Å². The molecule has 0 fully saturated rings. The minimum Gasteiger partial charge on any atom is -0.524 e. The Morgan fingerprint density at radius 2 is 1.65 bits per heavy atom. The maximum Gasteiger partial charge on any atom is 0.300 e. The molecule has 0 saturated carbocycles. The van der Waals surface area contributed by atoms with Crippen molar-refractivity contribution in [3.05, 3.63) is 46.1 Å². The van der Waals surface area contributed by atoms with Crippen LogP contribution in [-0.2, 0) is 6.42 Å². The number of aromatic hydroxyl groups is 2. The second-order valence-electron chi connectivity index (χ2n) is 8.03. The fourth-order valence-corrected chi connectivity index (χ4v) is 4.19.